The molecule has 0 spiro atoms. The van der Waals surface area contributed by atoms with E-state index in [4.69, 9.17) is 0 Å². The summed E-state index contributed by atoms with van der Waals surface area (Å²) in [5, 5.41) is 11.7. The van der Waals surface area contributed by atoms with Crippen molar-refractivity contribution in [1.82, 2.24) is 4.98 Å². The molecule has 2 aromatic rings. The second-order valence-electron chi connectivity index (χ2n) is 7.10. The Hall–Kier alpha value is -1.94. The Kier molecular flexibility index (Phi) is 4.23. The van der Waals surface area contributed by atoms with Gasteiger partial charge in [-0.1, -0.05) is 67.4 Å². The highest BCUT2D eigenvalue weighted by molar-refractivity contribution is 5.39. The quantitative estimate of drug-likeness (QED) is 0.863. The SMILES string of the molecule is OC1(c2ccccc2)C[n+]2cccnc2N1C1CCCCCCC1. The summed E-state index contributed by atoms with van der Waals surface area (Å²) in [5.74, 6) is 0.898. The number of anilines is 1. The largest absolute Gasteiger partial charge is 0.397 e. The van der Waals surface area contributed by atoms with Crippen molar-refractivity contribution >= 4 is 5.95 Å². The Balaban J connectivity index is 1.76. The van der Waals surface area contributed by atoms with Gasteiger partial charge in [0.1, 0.15) is 12.7 Å². The molecule has 0 radical (unpaired) electrons. The van der Waals surface area contributed by atoms with Crippen molar-refractivity contribution in [3.8, 4) is 0 Å². The van der Waals surface area contributed by atoms with Crippen LogP contribution in [0.4, 0.5) is 5.95 Å². The molecular formula is C20H26N3O+. The van der Waals surface area contributed by atoms with E-state index >= 15 is 0 Å². The molecule has 0 amide bonds. The van der Waals surface area contributed by atoms with E-state index in [1.807, 2.05) is 48.8 Å². The molecule has 0 bridgehead atoms. The molecule has 126 valence electrons. The third-order valence-electron chi connectivity index (χ3n) is 5.48. The maximum absolute atomic E-state index is 11.7. The molecule has 4 heteroatoms. The summed E-state index contributed by atoms with van der Waals surface area (Å²) in [6.07, 6.45) is 12.5. The van der Waals surface area contributed by atoms with Gasteiger partial charge in [0.2, 0.25) is 5.72 Å². The van der Waals surface area contributed by atoms with Crippen LogP contribution in [-0.2, 0) is 12.3 Å². The van der Waals surface area contributed by atoms with E-state index in [-0.39, 0.29) is 0 Å². The number of fused-ring (bicyclic) bond motifs is 1. The Morgan fingerprint density at radius 3 is 2.46 bits per heavy atom. The first-order valence-electron chi connectivity index (χ1n) is 9.21. The first kappa shape index (κ1) is 15.6. The third-order valence-corrected chi connectivity index (χ3v) is 5.48. The van der Waals surface area contributed by atoms with Gasteiger partial charge in [-0.15, -0.1) is 0 Å². The number of benzene rings is 1. The lowest BCUT2D eigenvalue weighted by molar-refractivity contribution is -0.685. The second-order valence-corrected chi connectivity index (χ2v) is 7.10. The van der Waals surface area contributed by atoms with Gasteiger partial charge in [-0.3, -0.25) is 0 Å². The highest BCUT2D eigenvalue weighted by Gasteiger charge is 2.54. The first-order chi connectivity index (χ1) is 11.8. The van der Waals surface area contributed by atoms with Crippen molar-refractivity contribution < 1.29 is 9.67 Å². The molecule has 1 unspecified atom stereocenters. The fourth-order valence-electron chi connectivity index (χ4n) is 4.29. The molecule has 1 aromatic heterocycles. The van der Waals surface area contributed by atoms with Crippen LogP contribution >= 0.6 is 0 Å². The zero-order valence-electron chi connectivity index (χ0n) is 14.1. The number of rotatable bonds is 2. The number of aliphatic hydroxyl groups is 1. The summed E-state index contributed by atoms with van der Waals surface area (Å²) >= 11 is 0. The van der Waals surface area contributed by atoms with E-state index in [2.05, 4.69) is 14.5 Å². The lowest BCUT2D eigenvalue weighted by Gasteiger charge is -2.35. The van der Waals surface area contributed by atoms with Crippen LogP contribution in [0.1, 0.15) is 50.5 Å². The first-order valence-corrected chi connectivity index (χ1v) is 9.21. The summed E-state index contributed by atoms with van der Waals surface area (Å²) in [6.45, 7) is 0.538. The van der Waals surface area contributed by atoms with Gasteiger partial charge < -0.3 is 5.11 Å². The van der Waals surface area contributed by atoms with Gasteiger partial charge in [0, 0.05) is 11.6 Å². The average Bonchev–Trinajstić information content (AvgIpc) is 2.89. The Bertz CT molecular complexity index is 682. The van der Waals surface area contributed by atoms with Gasteiger partial charge in [-0.25, -0.2) is 9.47 Å². The van der Waals surface area contributed by atoms with Crippen LogP contribution in [0.3, 0.4) is 0 Å². The van der Waals surface area contributed by atoms with Gasteiger partial charge in [-0.2, -0.15) is 0 Å². The molecule has 4 nitrogen and oxygen atoms in total. The third kappa shape index (κ3) is 2.69. The molecule has 1 aliphatic heterocycles. The monoisotopic (exact) mass is 324 g/mol. The highest BCUT2D eigenvalue weighted by Crippen LogP contribution is 2.38. The number of hydrogen-bond acceptors (Lipinski definition) is 3. The summed E-state index contributed by atoms with van der Waals surface area (Å²) in [6, 6.07) is 12.4. The Labute approximate surface area is 143 Å². The molecule has 1 saturated carbocycles. The predicted molar refractivity (Wildman–Crippen MR) is 93.4 cm³/mol. The molecule has 2 heterocycles. The van der Waals surface area contributed by atoms with E-state index in [1.165, 1.54) is 32.1 Å². The summed E-state index contributed by atoms with van der Waals surface area (Å²) < 4.78 is 2.09. The fourth-order valence-corrected chi connectivity index (χ4v) is 4.29. The van der Waals surface area contributed by atoms with Crippen LogP contribution in [0.2, 0.25) is 0 Å². The minimum absolute atomic E-state index is 0.346. The van der Waals surface area contributed by atoms with Gasteiger partial charge in [0.05, 0.1) is 12.2 Å². The number of aromatic nitrogens is 2. The molecule has 0 saturated heterocycles. The van der Waals surface area contributed by atoms with Gasteiger partial charge in [0.25, 0.3) is 0 Å². The van der Waals surface area contributed by atoms with Crippen LogP contribution in [0.5, 0.6) is 0 Å². The average molecular weight is 324 g/mol. The molecule has 1 N–H and O–H groups in total. The van der Waals surface area contributed by atoms with E-state index in [0.29, 0.717) is 12.6 Å². The molecule has 1 fully saturated rings. The van der Waals surface area contributed by atoms with E-state index in [0.717, 1.165) is 24.4 Å². The van der Waals surface area contributed by atoms with Crippen molar-refractivity contribution in [2.24, 2.45) is 0 Å². The maximum atomic E-state index is 11.7. The van der Waals surface area contributed by atoms with Crippen LogP contribution in [-0.4, -0.2) is 16.1 Å². The Morgan fingerprint density at radius 1 is 1.00 bits per heavy atom. The molecule has 2 aliphatic rings. The molecule has 1 aliphatic carbocycles. The summed E-state index contributed by atoms with van der Waals surface area (Å²) in [5.41, 5.74) is -0.0514. The highest BCUT2D eigenvalue weighted by atomic mass is 16.3. The van der Waals surface area contributed by atoms with Crippen LogP contribution in [0.15, 0.2) is 48.8 Å². The lowest BCUT2D eigenvalue weighted by Crippen LogP contribution is -2.50. The fraction of sp³-hybridized carbons (Fsp3) is 0.500. The van der Waals surface area contributed by atoms with Crippen LogP contribution in [0.25, 0.3) is 0 Å². The molecule has 4 rings (SSSR count). The standard InChI is InChI=1S/C20H26N3O/c24-20(17-10-5-4-6-11-17)16-22-15-9-14-21-19(22)23(20)18-12-7-2-1-3-8-13-18/h4-6,9-11,14-15,18,24H,1-3,7-8,12-13,16H2/q+1. The van der Waals surface area contributed by atoms with Gasteiger partial charge in [0.15, 0.2) is 0 Å². The van der Waals surface area contributed by atoms with Gasteiger partial charge >= 0.3 is 5.95 Å². The number of hydrogen-bond donors (Lipinski definition) is 1. The summed E-state index contributed by atoms with van der Waals surface area (Å²) in [7, 11) is 0. The maximum Gasteiger partial charge on any atom is 0.397 e. The minimum atomic E-state index is -1.01. The van der Waals surface area contributed by atoms with Gasteiger partial charge in [-0.05, 0) is 12.8 Å². The molecule has 1 aromatic carbocycles. The van der Waals surface area contributed by atoms with Crippen LogP contribution < -0.4 is 9.47 Å². The molecule has 1 atom stereocenters. The zero-order valence-corrected chi connectivity index (χ0v) is 14.1. The Morgan fingerprint density at radius 2 is 1.71 bits per heavy atom. The van der Waals surface area contributed by atoms with E-state index in [9.17, 15) is 5.11 Å². The normalized spacial score (nSPS) is 25.1. The van der Waals surface area contributed by atoms with Crippen LogP contribution in [0, 0.1) is 0 Å². The van der Waals surface area contributed by atoms with Crippen molar-refractivity contribution in [3.63, 3.8) is 0 Å². The van der Waals surface area contributed by atoms with Crippen molar-refractivity contribution in [1.29, 1.82) is 0 Å². The van der Waals surface area contributed by atoms with E-state index < -0.39 is 5.72 Å². The summed E-state index contributed by atoms with van der Waals surface area (Å²) in [4.78, 5) is 6.82. The van der Waals surface area contributed by atoms with Crippen molar-refractivity contribution in [2.75, 3.05) is 4.90 Å². The van der Waals surface area contributed by atoms with E-state index in [1.54, 1.807) is 0 Å². The minimum Gasteiger partial charge on any atom is -0.353 e. The smallest absolute Gasteiger partial charge is 0.353 e. The predicted octanol–water partition coefficient (Wildman–Crippen LogP) is 3.15. The number of nitrogens with zero attached hydrogens (tertiary/aromatic N) is 3. The molecule has 24 heavy (non-hydrogen) atoms. The second kappa shape index (κ2) is 6.52. The topological polar surface area (TPSA) is 40.2 Å². The zero-order chi connectivity index (χ0) is 16.4. The van der Waals surface area contributed by atoms with Crippen molar-refractivity contribution in [3.05, 3.63) is 54.4 Å². The van der Waals surface area contributed by atoms with Crippen molar-refractivity contribution in [2.45, 2.75) is 63.3 Å². The molecular weight excluding hydrogens is 298 g/mol. The lowest BCUT2D eigenvalue weighted by atomic mass is 9.92.